The van der Waals surface area contributed by atoms with Gasteiger partial charge < -0.3 is 5.11 Å². The van der Waals surface area contributed by atoms with Gasteiger partial charge in [0.2, 0.25) is 0 Å². The number of hydrogen-bond donors (Lipinski definition) is 1. The van der Waals surface area contributed by atoms with Crippen molar-refractivity contribution in [3.05, 3.63) is 83.8 Å². The second kappa shape index (κ2) is 9.94. The quantitative estimate of drug-likeness (QED) is 0.471. The van der Waals surface area contributed by atoms with E-state index in [1.807, 2.05) is 0 Å². The Hall–Kier alpha value is -2.57. The predicted molar refractivity (Wildman–Crippen MR) is 89.4 cm³/mol. The molecule has 0 aliphatic rings. The molecule has 0 spiro atoms. The molecule has 0 amide bonds. The van der Waals surface area contributed by atoms with E-state index in [1.54, 1.807) is 49.4 Å². The number of alkyl halides is 3. The molecule has 1 radical (unpaired) electrons. The summed E-state index contributed by atoms with van der Waals surface area (Å²) in [6, 6.07) is 17.1. The van der Waals surface area contributed by atoms with Crippen molar-refractivity contribution in [2.45, 2.75) is 13.1 Å². The van der Waals surface area contributed by atoms with E-state index < -0.39 is 17.8 Å². The second-order valence-electron chi connectivity index (χ2n) is 5.21. The van der Waals surface area contributed by atoms with Crippen molar-refractivity contribution < 1.29 is 43.2 Å². The van der Waals surface area contributed by atoms with Gasteiger partial charge in [-0.3, -0.25) is 4.98 Å². The number of pyridine rings is 2. The summed E-state index contributed by atoms with van der Waals surface area (Å²) in [6.45, 7) is 1.61. The first-order chi connectivity index (χ1) is 12.3. The zero-order valence-electron chi connectivity index (χ0n) is 14.0. The Kier molecular flexibility index (Phi) is 8.28. The third kappa shape index (κ3) is 6.92. The average Bonchev–Trinajstić information content (AvgIpc) is 2.62. The van der Waals surface area contributed by atoms with Crippen LogP contribution in [0.3, 0.4) is 0 Å². The van der Waals surface area contributed by atoms with Gasteiger partial charge in [0, 0.05) is 26.3 Å². The van der Waals surface area contributed by atoms with E-state index in [9.17, 15) is 18.0 Å². The van der Waals surface area contributed by atoms with E-state index in [2.05, 4.69) is 16.0 Å². The molecule has 0 atom stereocenters. The minimum Gasteiger partial charge on any atom is -0.477 e. The molecule has 2 aromatic heterocycles. The fourth-order valence-corrected chi connectivity index (χ4v) is 1.99. The first-order valence-electron chi connectivity index (χ1n) is 7.44. The molecule has 143 valence electrons. The predicted octanol–water partition coefficient (Wildman–Crippen LogP) is 4.65. The molecule has 0 saturated heterocycles. The Bertz CT molecular complexity index is 873. The zero-order valence-corrected chi connectivity index (χ0v) is 16.4. The Morgan fingerprint density at radius 1 is 1.11 bits per heavy atom. The van der Waals surface area contributed by atoms with Crippen LogP contribution in [0.15, 0.2) is 60.8 Å². The third-order valence-corrected chi connectivity index (χ3v) is 3.13. The van der Waals surface area contributed by atoms with Crippen molar-refractivity contribution >= 4 is 5.97 Å². The molecule has 1 aromatic carbocycles. The molecule has 8 heteroatoms. The zero-order chi connectivity index (χ0) is 19.2. The van der Waals surface area contributed by atoms with Gasteiger partial charge in [-0.05, 0) is 30.8 Å². The molecule has 0 saturated carbocycles. The first kappa shape index (κ1) is 22.5. The SMILES string of the molecule is Cc1cc(-c2[c-]cccc2)nc(C(F)(F)F)c1.O=C(O)c1ccccn1.[Ir]. The maximum absolute atomic E-state index is 12.6. The molecule has 1 N–H and O–H groups in total. The van der Waals surface area contributed by atoms with Crippen LogP contribution in [0.2, 0.25) is 0 Å². The van der Waals surface area contributed by atoms with Crippen LogP contribution in [0, 0.1) is 13.0 Å². The van der Waals surface area contributed by atoms with E-state index in [1.165, 1.54) is 12.3 Å². The number of aromatic carboxylic acids is 1. The van der Waals surface area contributed by atoms with Crippen LogP contribution in [-0.2, 0) is 26.3 Å². The molecule has 0 bridgehead atoms. The molecule has 27 heavy (non-hydrogen) atoms. The molecule has 2 heterocycles. The molecular weight excluding hydrogens is 537 g/mol. The fourth-order valence-electron chi connectivity index (χ4n) is 1.99. The van der Waals surface area contributed by atoms with Crippen LogP contribution in [0.25, 0.3) is 11.3 Å². The standard InChI is InChI=1S/C13H9F3N.C6H5NO2.Ir/c1-9-7-11(10-5-3-2-4-6-10)17-12(8-9)13(14,15)16;8-6(9)5-3-1-2-4-7-5;/h2-5,7-8H,1H3;1-4H,(H,8,9);/q-1;;. The number of aromatic nitrogens is 2. The maximum atomic E-state index is 12.6. The average molecular weight is 552 g/mol. The van der Waals surface area contributed by atoms with E-state index in [4.69, 9.17) is 5.11 Å². The Morgan fingerprint density at radius 3 is 2.30 bits per heavy atom. The number of carboxylic acid groups (broad SMARTS) is 1. The molecule has 3 aromatic rings. The summed E-state index contributed by atoms with van der Waals surface area (Å²) in [6.07, 6.45) is -2.97. The van der Waals surface area contributed by atoms with Gasteiger partial charge in [0.15, 0.2) is 0 Å². The fraction of sp³-hybridized carbons (Fsp3) is 0.105. The van der Waals surface area contributed by atoms with Crippen molar-refractivity contribution in [2.75, 3.05) is 0 Å². The number of nitrogens with zero attached hydrogens (tertiary/aromatic N) is 2. The number of carbonyl (C=O) groups is 1. The van der Waals surface area contributed by atoms with Crippen molar-refractivity contribution in [1.29, 1.82) is 0 Å². The third-order valence-electron chi connectivity index (χ3n) is 3.13. The molecule has 0 unspecified atom stereocenters. The van der Waals surface area contributed by atoms with Gasteiger partial charge in [0.25, 0.3) is 0 Å². The number of hydrogen-bond acceptors (Lipinski definition) is 3. The summed E-state index contributed by atoms with van der Waals surface area (Å²) in [4.78, 5) is 17.3. The Labute approximate surface area is 167 Å². The minimum absolute atomic E-state index is 0. The van der Waals surface area contributed by atoms with Gasteiger partial charge in [-0.15, -0.1) is 35.9 Å². The number of carboxylic acids is 1. The van der Waals surface area contributed by atoms with Gasteiger partial charge in [-0.1, -0.05) is 17.7 Å². The van der Waals surface area contributed by atoms with Gasteiger partial charge in [0.1, 0.15) is 11.4 Å². The summed E-state index contributed by atoms with van der Waals surface area (Å²) in [7, 11) is 0. The largest absolute Gasteiger partial charge is 0.477 e. The van der Waals surface area contributed by atoms with Gasteiger partial charge >= 0.3 is 12.1 Å². The molecular formula is C19H14F3IrN2O2-. The van der Waals surface area contributed by atoms with Crippen LogP contribution in [0.1, 0.15) is 21.7 Å². The smallest absolute Gasteiger partial charge is 0.432 e. The first-order valence-corrected chi connectivity index (χ1v) is 7.44. The summed E-state index contributed by atoms with van der Waals surface area (Å²) in [5, 5.41) is 8.32. The molecule has 3 rings (SSSR count). The molecule has 4 nitrogen and oxygen atoms in total. The van der Waals surface area contributed by atoms with Crippen molar-refractivity contribution in [2.24, 2.45) is 0 Å². The molecule has 0 aliphatic carbocycles. The van der Waals surface area contributed by atoms with Crippen molar-refractivity contribution in [3.63, 3.8) is 0 Å². The molecule has 0 aliphatic heterocycles. The van der Waals surface area contributed by atoms with Crippen LogP contribution in [0.5, 0.6) is 0 Å². The summed E-state index contributed by atoms with van der Waals surface area (Å²) >= 11 is 0. The minimum atomic E-state index is -4.42. The van der Waals surface area contributed by atoms with E-state index in [0.717, 1.165) is 6.07 Å². The van der Waals surface area contributed by atoms with Crippen LogP contribution in [-0.4, -0.2) is 21.0 Å². The number of rotatable bonds is 2. The van der Waals surface area contributed by atoms with Crippen LogP contribution < -0.4 is 0 Å². The Morgan fingerprint density at radius 2 is 1.81 bits per heavy atom. The monoisotopic (exact) mass is 552 g/mol. The number of halogens is 3. The normalized spacial score (nSPS) is 10.2. The van der Waals surface area contributed by atoms with Crippen LogP contribution >= 0.6 is 0 Å². The summed E-state index contributed by atoms with van der Waals surface area (Å²) in [5.74, 6) is -0.990. The van der Waals surface area contributed by atoms with Crippen molar-refractivity contribution in [1.82, 2.24) is 9.97 Å². The maximum Gasteiger partial charge on any atom is 0.432 e. The summed E-state index contributed by atoms with van der Waals surface area (Å²) in [5.41, 5.74) is 0.585. The molecule has 0 fully saturated rings. The van der Waals surface area contributed by atoms with Gasteiger partial charge in [-0.25, -0.2) is 9.78 Å². The van der Waals surface area contributed by atoms with E-state index in [-0.39, 0.29) is 31.5 Å². The number of benzene rings is 1. The topological polar surface area (TPSA) is 63.1 Å². The second-order valence-corrected chi connectivity index (χ2v) is 5.21. The van der Waals surface area contributed by atoms with Crippen LogP contribution in [0.4, 0.5) is 13.2 Å². The van der Waals surface area contributed by atoms with Gasteiger partial charge in [0.05, 0.1) is 0 Å². The van der Waals surface area contributed by atoms with Gasteiger partial charge in [-0.2, -0.15) is 13.2 Å². The van der Waals surface area contributed by atoms with E-state index >= 15 is 0 Å². The van der Waals surface area contributed by atoms with Crippen molar-refractivity contribution in [3.8, 4) is 11.3 Å². The Balaban J connectivity index is 0.000000310. The van der Waals surface area contributed by atoms with E-state index in [0.29, 0.717) is 11.1 Å². The number of aryl methyl sites for hydroxylation is 1. The summed E-state index contributed by atoms with van der Waals surface area (Å²) < 4.78 is 37.8.